The molecule has 0 aliphatic heterocycles. The van der Waals surface area contributed by atoms with E-state index in [9.17, 15) is 14.0 Å². The second kappa shape index (κ2) is 8.96. The van der Waals surface area contributed by atoms with Crippen LogP contribution in [0.5, 0.6) is 5.75 Å². The molecular weight excluding hydrogens is 337 g/mol. The van der Waals surface area contributed by atoms with Gasteiger partial charge in [0.15, 0.2) is 0 Å². The molecule has 0 unspecified atom stereocenters. The molecule has 2 amide bonds. The average Bonchev–Trinajstić information content (AvgIpc) is 2.57. The van der Waals surface area contributed by atoms with Gasteiger partial charge in [-0.25, -0.2) is 4.39 Å². The Morgan fingerprint density at radius 3 is 2.46 bits per heavy atom. The summed E-state index contributed by atoms with van der Waals surface area (Å²) in [5, 5.41) is 5.40. The van der Waals surface area contributed by atoms with Gasteiger partial charge in [-0.3, -0.25) is 14.5 Å². The maximum Gasteiger partial charge on any atom is 0.238 e. The molecule has 0 heterocycles. The van der Waals surface area contributed by atoms with Crippen molar-refractivity contribution in [1.82, 2.24) is 4.90 Å². The summed E-state index contributed by atoms with van der Waals surface area (Å²) in [4.78, 5) is 25.7. The van der Waals surface area contributed by atoms with Crippen molar-refractivity contribution in [1.29, 1.82) is 0 Å². The molecule has 138 valence electrons. The number of benzene rings is 2. The van der Waals surface area contributed by atoms with E-state index in [1.165, 1.54) is 12.1 Å². The minimum absolute atomic E-state index is 0.00147. The fraction of sp³-hybridized carbons (Fsp3) is 0.263. The van der Waals surface area contributed by atoms with Crippen molar-refractivity contribution in [3.05, 3.63) is 53.8 Å². The first-order valence-corrected chi connectivity index (χ1v) is 8.06. The molecule has 0 aliphatic rings. The van der Waals surface area contributed by atoms with E-state index < -0.39 is 5.82 Å². The number of anilines is 2. The van der Waals surface area contributed by atoms with Crippen LogP contribution >= 0.6 is 0 Å². The van der Waals surface area contributed by atoms with Gasteiger partial charge in [0.2, 0.25) is 11.8 Å². The summed E-state index contributed by atoms with van der Waals surface area (Å²) < 4.78 is 18.4. The predicted octanol–water partition coefficient (Wildman–Crippen LogP) is 2.65. The minimum Gasteiger partial charge on any atom is -0.497 e. The molecule has 0 bridgehead atoms. The van der Waals surface area contributed by atoms with E-state index in [1.54, 1.807) is 56.3 Å². The maximum atomic E-state index is 13.3. The van der Waals surface area contributed by atoms with Crippen LogP contribution in [-0.4, -0.2) is 44.0 Å². The van der Waals surface area contributed by atoms with Crippen molar-refractivity contribution >= 4 is 23.2 Å². The molecule has 7 heteroatoms. The number of carbonyl (C=O) groups excluding carboxylic acids is 2. The van der Waals surface area contributed by atoms with Crippen molar-refractivity contribution in [3.63, 3.8) is 0 Å². The highest BCUT2D eigenvalue weighted by Gasteiger charge is 2.12. The zero-order valence-electron chi connectivity index (χ0n) is 15.0. The number of carbonyl (C=O) groups is 2. The Balaban J connectivity index is 1.85. The molecule has 0 spiro atoms. The zero-order valence-corrected chi connectivity index (χ0v) is 15.0. The van der Waals surface area contributed by atoms with Crippen LogP contribution in [0.4, 0.5) is 15.8 Å². The van der Waals surface area contributed by atoms with Gasteiger partial charge < -0.3 is 15.4 Å². The normalized spacial score (nSPS) is 10.5. The quantitative estimate of drug-likeness (QED) is 0.797. The molecular formula is C19H22FN3O3. The summed E-state index contributed by atoms with van der Waals surface area (Å²) in [6, 6.07) is 11.2. The fourth-order valence-corrected chi connectivity index (χ4v) is 2.37. The van der Waals surface area contributed by atoms with Gasteiger partial charge in [0.25, 0.3) is 0 Å². The molecule has 0 aliphatic carbocycles. The SMILES string of the molecule is COc1cccc(NC(=O)CN(C)CC(=O)Nc2cc(F)ccc2C)c1. The molecule has 0 saturated carbocycles. The molecule has 0 saturated heterocycles. The first-order chi connectivity index (χ1) is 12.4. The Bertz CT molecular complexity index is 795. The lowest BCUT2D eigenvalue weighted by Crippen LogP contribution is -2.36. The number of rotatable bonds is 7. The number of nitrogens with zero attached hydrogens (tertiary/aromatic N) is 1. The third-order valence-electron chi connectivity index (χ3n) is 3.65. The van der Waals surface area contributed by atoms with Gasteiger partial charge in [-0.15, -0.1) is 0 Å². The number of nitrogens with one attached hydrogen (secondary N) is 2. The van der Waals surface area contributed by atoms with Crippen LogP contribution in [-0.2, 0) is 9.59 Å². The molecule has 2 rings (SSSR count). The maximum absolute atomic E-state index is 13.3. The molecule has 2 aromatic rings. The van der Waals surface area contributed by atoms with E-state index in [0.29, 0.717) is 17.1 Å². The van der Waals surface area contributed by atoms with E-state index in [2.05, 4.69) is 10.6 Å². The van der Waals surface area contributed by atoms with Gasteiger partial charge >= 0.3 is 0 Å². The van der Waals surface area contributed by atoms with E-state index in [4.69, 9.17) is 4.74 Å². The van der Waals surface area contributed by atoms with E-state index in [-0.39, 0.29) is 24.9 Å². The van der Waals surface area contributed by atoms with Crippen LogP contribution in [0.2, 0.25) is 0 Å². The number of likely N-dealkylation sites (N-methyl/N-ethyl adjacent to an activating group) is 1. The number of halogens is 1. The smallest absolute Gasteiger partial charge is 0.238 e. The molecule has 0 aromatic heterocycles. The highest BCUT2D eigenvalue weighted by molar-refractivity contribution is 5.95. The van der Waals surface area contributed by atoms with E-state index in [1.807, 2.05) is 0 Å². The summed E-state index contributed by atoms with van der Waals surface area (Å²) >= 11 is 0. The topological polar surface area (TPSA) is 70.7 Å². The van der Waals surface area contributed by atoms with Gasteiger partial charge in [0.1, 0.15) is 11.6 Å². The van der Waals surface area contributed by atoms with Crippen LogP contribution in [0.25, 0.3) is 0 Å². The highest BCUT2D eigenvalue weighted by Crippen LogP contribution is 2.17. The van der Waals surface area contributed by atoms with Crippen molar-refractivity contribution in [3.8, 4) is 5.75 Å². The number of ether oxygens (including phenoxy) is 1. The Kier molecular flexibility index (Phi) is 6.68. The number of amides is 2. The van der Waals surface area contributed by atoms with Crippen LogP contribution in [0.3, 0.4) is 0 Å². The molecule has 0 fully saturated rings. The van der Waals surface area contributed by atoms with Gasteiger partial charge in [-0.05, 0) is 43.8 Å². The zero-order chi connectivity index (χ0) is 19.1. The van der Waals surface area contributed by atoms with E-state index in [0.717, 1.165) is 5.56 Å². The number of hydrogen-bond donors (Lipinski definition) is 2. The second-order valence-corrected chi connectivity index (χ2v) is 5.96. The van der Waals surface area contributed by atoms with Gasteiger partial charge in [0, 0.05) is 17.4 Å². The van der Waals surface area contributed by atoms with Crippen LogP contribution in [0.1, 0.15) is 5.56 Å². The third-order valence-corrected chi connectivity index (χ3v) is 3.65. The lowest BCUT2D eigenvalue weighted by atomic mass is 10.2. The van der Waals surface area contributed by atoms with Gasteiger partial charge in [0.05, 0.1) is 20.2 Å². The van der Waals surface area contributed by atoms with Crippen LogP contribution in [0, 0.1) is 12.7 Å². The minimum atomic E-state index is -0.420. The molecule has 6 nitrogen and oxygen atoms in total. The summed E-state index contributed by atoms with van der Waals surface area (Å²) in [7, 11) is 3.21. The highest BCUT2D eigenvalue weighted by atomic mass is 19.1. The number of aryl methyl sites for hydroxylation is 1. The molecule has 2 N–H and O–H groups in total. The number of methoxy groups -OCH3 is 1. The summed E-state index contributed by atoms with van der Waals surface area (Å²) in [5.74, 6) is -0.358. The summed E-state index contributed by atoms with van der Waals surface area (Å²) in [5.41, 5.74) is 1.80. The Hall–Kier alpha value is -2.93. The van der Waals surface area contributed by atoms with Gasteiger partial charge in [-0.2, -0.15) is 0 Å². The first-order valence-electron chi connectivity index (χ1n) is 8.06. The third kappa shape index (κ3) is 5.86. The fourth-order valence-electron chi connectivity index (χ4n) is 2.37. The van der Waals surface area contributed by atoms with E-state index >= 15 is 0 Å². The lowest BCUT2D eigenvalue weighted by molar-refractivity contribution is -0.119. The molecule has 2 aromatic carbocycles. The Morgan fingerprint density at radius 2 is 1.77 bits per heavy atom. The first kappa shape index (κ1) is 19.4. The summed E-state index contributed by atoms with van der Waals surface area (Å²) in [6.07, 6.45) is 0. The van der Waals surface area contributed by atoms with Crippen molar-refractivity contribution < 1.29 is 18.7 Å². The standard InChI is InChI=1S/C19H22FN3O3/c1-13-7-8-14(20)9-17(13)22-19(25)12-23(2)11-18(24)21-15-5-4-6-16(10-15)26-3/h4-10H,11-12H2,1-3H3,(H,21,24)(H,22,25). The lowest BCUT2D eigenvalue weighted by Gasteiger charge is -2.17. The van der Waals surface area contributed by atoms with Crippen molar-refractivity contribution in [2.24, 2.45) is 0 Å². The molecule has 0 atom stereocenters. The van der Waals surface area contributed by atoms with Crippen molar-refractivity contribution in [2.45, 2.75) is 6.92 Å². The van der Waals surface area contributed by atoms with Crippen LogP contribution in [0.15, 0.2) is 42.5 Å². The second-order valence-electron chi connectivity index (χ2n) is 5.96. The Morgan fingerprint density at radius 1 is 1.08 bits per heavy atom. The van der Waals surface area contributed by atoms with Crippen molar-refractivity contribution in [2.75, 3.05) is 37.9 Å². The molecule has 0 radical (unpaired) electrons. The largest absolute Gasteiger partial charge is 0.497 e. The molecule has 26 heavy (non-hydrogen) atoms. The van der Waals surface area contributed by atoms with Gasteiger partial charge in [-0.1, -0.05) is 12.1 Å². The summed E-state index contributed by atoms with van der Waals surface area (Å²) in [6.45, 7) is 1.81. The number of hydrogen-bond acceptors (Lipinski definition) is 4. The predicted molar refractivity (Wildman–Crippen MR) is 98.9 cm³/mol. The average molecular weight is 359 g/mol. The monoisotopic (exact) mass is 359 g/mol. The Labute approximate surface area is 152 Å². The van der Waals surface area contributed by atoms with Crippen LogP contribution < -0.4 is 15.4 Å².